The Morgan fingerprint density at radius 3 is 2.78 bits per heavy atom. The summed E-state index contributed by atoms with van der Waals surface area (Å²) in [7, 11) is 0. The van der Waals surface area contributed by atoms with Gasteiger partial charge in [-0.05, 0) is 40.8 Å². The zero-order valence-electron chi connectivity index (χ0n) is 14.4. The molecule has 0 amide bonds. The second-order valence-corrected chi connectivity index (χ2v) is 7.76. The van der Waals surface area contributed by atoms with Gasteiger partial charge in [0.25, 0.3) is 0 Å². The van der Waals surface area contributed by atoms with Gasteiger partial charge >= 0.3 is 0 Å². The van der Waals surface area contributed by atoms with Crippen molar-refractivity contribution in [1.82, 2.24) is 4.68 Å². The maximum absolute atomic E-state index is 6.04. The van der Waals surface area contributed by atoms with Crippen LogP contribution in [-0.4, -0.2) is 17.4 Å². The van der Waals surface area contributed by atoms with E-state index in [9.17, 15) is 0 Å². The number of hydrogen-bond acceptors (Lipinski definition) is 4. The molecule has 0 N–H and O–H groups in total. The zero-order valence-corrected chi connectivity index (χ0v) is 17.4. The minimum Gasteiger partial charge on any atom is -0.454 e. The van der Waals surface area contributed by atoms with Gasteiger partial charge in [0, 0.05) is 19.9 Å². The summed E-state index contributed by atoms with van der Waals surface area (Å²) >= 11 is 3.84. The standard InChI is InChI=1S/C21H16IN3OS/c1-2-11-23-21-25(24-13-16-8-3-5-9-17(16)22)18(14-27-21)20-12-15-7-4-6-10-19(15)26-20/h2-10,12-14H,1,11H2/b23-21?,24-13-. The molecule has 6 heteroatoms. The fourth-order valence-corrected chi connectivity index (χ4v) is 3.99. The number of thiazole rings is 1. The molecular formula is C21H16IN3OS. The average molecular weight is 485 g/mol. The zero-order chi connectivity index (χ0) is 18.6. The lowest BCUT2D eigenvalue weighted by Crippen LogP contribution is -2.12. The molecular weight excluding hydrogens is 469 g/mol. The van der Waals surface area contributed by atoms with Gasteiger partial charge in [-0.25, -0.2) is 4.68 Å². The number of furan rings is 1. The largest absolute Gasteiger partial charge is 0.454 e. The van der Waals surface area contributed by atoms with Gasteiger partial charge in [0.2, 0.25) is 4.80 Å². The second-order valence-electron chi connectivity index (χ2n) is 5.76. The number of nitrogens with zero attached hydrogens (tertiary/aromatic N) is 3. The third-order valence-electron chi connectivity index (χ3n) is 3.94. The van der Waals surface area contributed by atoms with Gasteiger partial charge in [-0.2, -0.15) is 5.10 Å². The Morgan fingerprint density at radius 2 is 1.96 bits per heavy atom. The van der Waals surface area contributed by atoms with Crippen molar-refractivity contribution in [2.75, 3.05) is 6.54 Å². The lowest BCUT2D eigenvalue weighted by Gasteiger charge is -2.01. The highest BCUT2D eigenvalue weighted by Gasteiger charge is 2.12. The lowest BCUT2D eigenvalue weighted by molar-refractivity contribution is 0.621. The van der Waals surface area contributed by atoms with Gasteiger partial charge in [0.1, 0.15) is 11.3 Å². The molecule has 0 aliphatic rings. The number of para-hydroxylation sites is 1. The van der Waals surface area contributed by atoms with Crippen LogP contribution in [-0.2, 0) is 0 Å². The van der Waals surface area contributed by atoms with E-state index >= 15 is 0 Å². The van der Waals surface area contributed by atoms with Crippen molar-refractivity contribution < 1.29 is 4.42 Å². The van der Waals surface area contributed by atoms with Gasteiger partial charge < -0.3 is 4.42 Å². The molecule has 0 radical (unpaired) electrons. The van der Waals surface area contributed by atoms with E-state index in [-0.39, 0.29) is 0 Å². The predicted octanol–water partition coefficient (Wildman–Crippen LogP) is 5.54. The van der Waals surface area contributed by atoms with E-state index in [1.807, 2.05) is 64.8 Å². The van der Waals surface area contributed by atoms with Crippen molar-refractivity contribution in [1.29, 1.82) is 0 Å². The first-order chi connectivity index (χ1) is 13.3. The van der Waals surface area contributed by atoms with Crippen molar-refractivity contribution in [2.45, 2.75) is 0 Å². The minimum absolute atomic E-state index is 0.540. The van der Waals surface area contributed by atoms with Crippen LogP contribution >= 0.6 is 33.9 Å². The summed E-state index contributed by atoms with van der Waals surface area (Å²) in [4.78, 5) is 5.36. The van der Waals surface area contributed by atoms with E-state index in [1.54, 1.807) is 6.08 Å². The first-order valence-corrected chi connectivity index (χ1v) is 10.3. The van der Waals surface area contributed by atoms with Crippen LogP contribution in [0.25, 0.3) is 22.4 Å². The topological polar surface area (TPSA) is 42.8 Å². The quantitative estimate of drug-likeness (QED) is 0.208. The highest BCUT2D eigenvalue weighted by molar-refractivity contribution is 14.1. The molecule has 4 rings (SSSR count). The number of fused-ring (bicyclic) bond motifs is 1. The molecule has 0 saturated heterocycles. The molecule has 2 aromatic carbocycles. The molecule has 134 valence electrons. The van der Waals surface area contributed by atoms with Gasteiger partial charge in [0.15, 0.2) is 5.76 Å². The van der Waals surface area contributed by atoms with Gasteiger partial charge in [-0.3, -0.25) is 4.99 Å². The normalized spacial score (nSPS) is 12.3. The number of rotatable bonds is 5. The Balaban J connectivity index is 1.84. The highest BCUT2D eigenvalue weighted by Crippen LogP contribution is 2.28. The maximum atomic E-state index is 6.04. The third kappa shape index (κ3) is 3.81. The van der Waals surface area contributed by atoms with Crippen LogP contribution in [0.2, 0.25) is 0 Å². The first kappa shape index (κ1) is 17.9. The number of halogens is 1. The highest BCUT2D eigenvalue weighted by atomic mass is 127. The predicted molar refractivity (Wildman–Crippen MR) is 120 cm³/mol. The van der Waals surface area contributed by atoms with E-state index in [2.05, 4.69) is 40.2 Å². The summed E-state index contributed by atoms with van der Waals surface area (Å²) < 4.78 is 9.01. The molecule has 0 bridgehead atoms. The molecule has 0 unspecified atom stereocenters. The van der Waals surface area contributed by atoms with E-state index in [0.29, 0.717) is 6.54 Å². The van der Waals surface area contributed by atoms with E-state index in [0.717, 1.165) is 36.4 Å². The fraction of sp³-hybridized carbons (Fsp3) is 0.0476. The summed E-state index contributed by atoms with van der Waals surface area (Å²) in [6.45, 7) is 4.29. The summed E-state index contributed by atoms with van der Waals surface area (Å²) in [5.41, 5.74) is 2.79. The van der Waals surface area contributed by atoms with Crippen molar-refractivity contribution in [3.8, 4) is 11.5 Å². The Kier molecular flexibility index (Phi) is 5.35. The van der Waals surface area contributed by atoms with E-state index in [4.69, 9.17) is 9.52 Å². The van der Waals surface area contributed by atoms with Crippen molar-refractivity contribution in [3.05, 3.63) is 86.6 Å². The Hall–Kier alpha value is -2.45. The second kappa shape index (κ2) is 8.06. The SMILES string of the molecule is C=CCN=c1scc(-c2cc3ccccc3o2)n1/N=C\c1ccccc1I. The molecule has 2 aromatic heterocycles. The molecule has 0 fully saturated rings. The fourth-order valence-electron chi connectivity index (χ4n) is 2.64. The van der Waals surface area contributed by atoms with Crippen LogP contribution in [0.1, 0.15) is 5.56 Å². The third-order valence-corrected chi connectivity index (χ3v) is 5.77. The molecule has 0 spiro atoms. The van der Waals surface area contributed by atoms with Crippen LogP contribution in [0, 0.1) is 3.57 Å². The molecule has 0 aliphatic heterocycles. The lowest BCUT2D eigenvalue weighted by atomic mass is 10.2. The molecule has 0 saturated carbocycles. The van der Waals surface area contributed by atoms with Crippen molar-refractivity contribution in [2.24, 2.45) is 10.1 Å². The Labute approximate surface area is 174 Å². The molecule has 2 heterocycles. The summed E-state index contributed by atoms with van der Waals surface area (Å²) in [5.74, 6) is 0.771. The monoisotopic (exact) mass is 485 g/mol. The van der Waals surface area contributed by atoms with E-state index < -0.39 is 0 Å². The van der Waals surface area contributed by atoms with Crippen LogP contribution in [0.4, 0.5) is 0 Å². The van der Waals surface area contributed by atoms with Gasteiger partial charge in [0.05, 0.1) is 12.8 Å². The average Bonchev–Trinajstić information content (AvgIpc) is 3.29. The van der Waals surface area contributed by atoms with Crippen LogP contribution in [0.3, 0.4) is 0 Å². The Bertz CT molecular complexity index is 1170. The molecule has 4 aromatic rings. The smallest absolute Gasteiger partial charge is 0.206 e. The number of benzene rings is 2. The first-order valence-electron chi connectivity index (χ1n) is 8.36. The van der Waals surface area contributed by atoms with Crippen LogP contribution in [0.15, 0.2) is 87.1 Å². The molecule has 0 aliphatic carbocycles. The molecule has 4 nitrogen and oxygen atoms in total. The van der Waals surface area contributed by atoms with Crippen molar-refractivity contribution in [3.63, 3.8) is 0 Å². The number of hydrogen-bond donors (Lipinski definition) is 0. The van der Waals surface area contributed by atoms with Crippen LogP contribution < -0.4 is 4.80 Å². The Morgan fingerprint density at radius 1 is 1.15 bits per heavy atom. The minimum atomic E-state index is 0.540. The number of aromatic nitrogens is 1. The maximum Gasteiger partial charge on any atom is 0.206 e. The van der Waals surface area contributed by atoms with Gasteiger partial charge in [-0.15, -0.1) is 17.9 Å². The van der Waals surface area contributed by atoms with Gasteiger partial charge in [-0.1, -0.05) is 42.5 Å². The summed E-state index contributed by atoms with van der Waals surface area (Å²) in [5, 5.41) is 7.79. The van der Waals surface area contributed by atoms with Crippen molar-refractivity contribution >= 4 is 51.1 Å². The summed E-state index contributed by atoms with van der Waals surface area (Å²) in [6.07, 6.45) is 3.63. The summed E-state index contributed by atoms with van der Waals surface area (Å²) in [6, 6.07) is 18.1. The van der Waals surface area contributed by atoms with E-state index in [1.165, 1.54) is 11.3 Å². The molecule has 27 heavy (non-hydrogen) atoms. The molecule has 0 atom stereocenters. The van der Waals surface area contributed by atoms with Crippen LogP contribution in [0.5, 0.6) is 0 Å².